The van der Waals surface area contributed by atoms with Crippen LogP contribution in [0.5, 0.6) is 5.75 Å². The van der Waals surface area contributed by atoms with Crippen LogP contribution in [0.25, 0.3) is 0 Å². The minimum Gasteiger partial charge on any atom is -0.492 e. The minimum atomic E-state index is 0.373. The lowest BCUT2D eigenvalue weighted by Crippen LogP contribution is -2.31. The van der Waals surface area contributed by atoms with E-state index in [1.54, 1.807) is 0 Å². The van der Waals surface area contributed by atoms with E-state index < -0.39 is 0 Å². The van der Waals surface area contributed by atoms with Gasteiger partial charge in [-0.25, -0.2) is 0 Å². The standard InChI is InChI=1S/C15H21Br2NO2/c1-2-19-15-13(16)7-11(8-14(15)17)9-18-10-12-5-3-4-6-20-12/h7-8,12,18H,2-6,9-10H2,1H3. The molecular formula is C15H21Br2NO2. The molecule has 1 aliphatic heterocycles. The smallest absolute Gasteiger partial charge is 0.147 e. The van der Waals surface area contributed by atoms with Crippen molar-refractivity contribution in [3.05, 3.63) is 26.6 Å². The van der Waals surface area contributed by atoms with E-state index in [9.17, 15) is 0 Å². The Balaban J connectivity index is 1.86. The molecule has 3 nitrogen and oxygen atoms in total. The van der Waals surface area contributed by atoms with Crippen molar-refractivity contribution in [2.24, 2.45) is 0 Å². The normalized spacial score (nSPS) is 19.1. The minimum absolute atomic E-state index is 0.373. The highest BCUT2D eigenvalue weighted by atomic mass is 79.9. The first-order chi connectivity index (χ1) is 9.70. The summed E-state index contributed by atoms with van der Waals surface area (Å²) < 4.78 is 13.3. The summed E-state index contributed by atoms with van der Waals surface area (Å²) in [6.45, 7) is 5.31. The quantitative estimate of drug-likeness (QED) is 0.765. The van der Waals surface area contributed by atoms with Crippen molar-refractivity contribution in [3.8, 4) is 5.75 Å². The first kappa shape index (κ1) is 16.3. The molecule has 1 heterocycles. The maximum atomic E-state index is 5.71. The van der Waals surface area contributed by atoms with Crippen molar-refractivity contribution in [2.45, 2.75) is 38.8 Å². The fourth-order valence-electron chi connectivity index (χ4n) is 2.34. The Labute approximate surface area is 137 Å². The Kier molecular flexibility index (Phi) is 6.81. The average molecular weight is 407 g/mol. The Morgan fingerprint density at radius 1 is 1.30 bits per heavy atom. The molecule has 0 aromatic heterocycles. The van der Waals surface area contributed by atoms with Crippen molar-refractivity contribution in [2.75, 3.05) is 19.8 Å². The van der Waals surface area contributed by atoms with Crippen molar-refractivity contribution in [1.82, 2.24) is 5.32 Å². The molecular weight excluding hydrogens is 386 g/mol. The molecule has 0 radical (unpaired) electrons. The van der Waals surface area contributed by atoms with Crippen molar-refractivity contribution >= 4 is 31.9 Å². The molecule has 5 heteroatoms. The molecule has 112 valence electrons. The van der Waals surface area contributed by atoms with Gasteiger partial charge in [-0.05, 0) is 75.7 Å². The second-order valence-electron chi connectivity index (χ2n) is 4.94. The topological polar surface area (TPSA) is 30.5 Å². The van der Waals surface area contributed by atoms with E-state index in [0.29, 0.717) is 12.7 Å². The van der Waals surface area contributed by atoms with Crippen LogP contribution in [0.15, 0.2) is 21.1 Å². The van der Waals surface area contributed by atoms with Gasteiger partial charge in [0, 0.05) is 19.7 Å². The van der Waals surface area contributed by atoms with Crippen LogP contribution in [0.3, 0.4) is 0 Å². The van der Waals surface area contributed by atoms with Gasteiger partial charge in [0.25, 0.3) is 0 Å². The van der Waals surface area contributed by atoms with E-state index in [1.165, 1.54) is 24.8 Å². The molecule has 0 amide bonds. The Morgan fingerprint density at radius 3 is 2.65 bits per heavy atom. The third-order valence-corrected chi connectivity index (χ3v) is 4.50. The summed E-state index contributed by atoms with van der Waals surface area (Å²) in [4.78, 5) is 0. The number of halogens is 2. The highest BCUT2D eigenvalue weighted by molar-refractivity contribution is 9.11. The molecule has 1 aromatic carbocycles. The van der Waals surface area contributed by atoms with E-state index >= 15 is 0 Å². The molecule has 1 aromatic rings. The van der Waals surface area contributed by atoms with Crippen molar-refractivity contribution in [1.29, 1.82) is 0 Å². The van der Waals surface area contributed by atoms with Crippen LogP contribution >= 0.6 is 31.9 Å². The average Bonchev–Trinajstić information content (AvgIpc) is 2.44. The summed E-state index contributed by atoms with van der Waals surface area (Å²) in [7, 11) is 0. The lowest BCUT2D eigenvalue weighted by atomic mass is 10.1. The van der Waals surface area contributed by atoms with Gasteiger partial charge in [0.1, 0.15) is 5.75 Å². The monoisotopic (exact) mass is 405 g/mol. The van der Waals surface area contributed by atoms with Crippen LogP contribution in [-0.4, -0.2) is 25.9 Å². The van der Waals surface area contributed by atoms with Gasteiger partial charge < -0.3 is 14.8 Å². The zero-order valence-electron chi connectivity index (χ0n) is 11.8. The summed E-state index contributed by atoms with van der Waals surface area (Å²) >= 11 is 7.12. The number of ether oxygens (including phenoxy) is 2. The van der Waals surface area contributed by atoms with Crippen LogP contribution in [0.1, 0.15) is 31.7 Å². The first-order valence-electron chi connectivity index (χ1n) is 7.13. The maximum absolute atomic E-state index is 5.71. The predicted octanol–water partition coefficient (Wildman–Crippen LogP) is 4.27. The van der Waals surface area contributed by atoms with Crippen molar-refractivity contribution < 1.29 is 9.47 Å². The maximum Gasteiger partial charge on any atom is 0.147 e. The zero-order chi connectivity index (χ0) is 14.4. The highest BCUT2D eigenvalue weighted by Crippen LogP contribution is 2.34. The second kappa shape index (κ2) is 8.37. The number of hydrogen-bond donors (Lipinski definition) is 1. The van der Waals surface area contributed by atoms with Gasteiger partial charge in [0.2, 0.25) is 0 Å². The second-order valence-corrected chi connectivity index (χ2v) is 6.65. The molecule has 0 bridgehead atoms. The van der Waals surface area contributed by atoms with Crippen LogP contribution < -0.4 is 10.1 Å². The SMILES string of the molecule is CCOc1c(Br)cc(CNCC2CCCCO2)cc1Br. The van der Waals surface area contributed by atoms with Gasteiger partial charge in [-0.2, -0.15) is 0 Å². The highest BCUT2D eigenvalue weighted by Gasteiger charge is 2.13. The predicted molar refractivity (Wildman–Crippen MR) is 88.3 cm³/mol. The van der Waals surface area contributed by atoms with E-state index in [-0.39, 0.29) is 0 Å². The molecule has 1 saturated heterocycles. The summed E-state index contributed by atoms with van der Waals surface area (Å²) in [5, 5.41) is 3.47. The number of nitrogens with one attached hydrogen (secondary N) is 1. The van der Waals surface area contributed by atoms with Gasteiger partial charge in [-0.15, -0.1) is 0 Å². The van der Waals surface area contributed by atoms with Crippen molar-refractivity contribution in [3.63, 3.8) is 0 Å². The van der Waals surface area contributed by atoms with Crippen LogP contribution in [0.4, 0.5) is 0 Å². The van der Waals surface area contributed by atoms with Gasteiger partial charge in [-0.3, -0.25) is 0 Å². The third-order valence-electron chi connectivity index (χ3n) is 3.32. The van der Waals surface area contributed by atoms with Crippen LogP contribution in [0.2, 0.25) is 0 Å². The summed E-state index contributed by atoms with van der Waals surface area (Å²) in [5.74, 6) is 0.867. The van der Waals surface area contributed by atoms with Crippen LogP contribution in [0, 0.1) is 0 Å². The lowest BCUT2D eigenvalue weighted by Gasteiger charge is -2.23. The molecule has 1 N–H and O–H groups in total. The summed E-state index contributed by atoms with van der Waals surface area (Å²) in [6, 6.07) is 4.20. The number of rotatable bonds is 6. The third kappa shape index (κ3) is 4.72. The number of benzene rings is 1. The largest absolute Gasteiger partial charge is 0.492 e. The van der Waals surface area contributed by atoms with Gasteiger partial charge in [0.05, 0.1) is 21.7 Å². The fraction of sp³-hybridized carbons (Fsp3) is 0.600. The molecule has 0 saturated carbocycles. The molecule has 20 heavy (non-hydrogen) atoms. The molecule has 1 fully saturated rings. The summed E-state index contributed by atoms with van der Waals surface area (Å²) in [5.41, 5.74) is 1.23. The first-order valence-corrected chi connectivity index (χ1v) is 8.72. The number of hydrogen-bond acceptors (Lipinski definition) is 3. The lowest BCUT2D eigenvalue weighted by molar-refractivity contribution is 0.0168. The van der Waals surface area contributed by atoms with E-state index in [1.807, 2.05) is 6.92 Å². The van der Waals surface area contributed by atoms with Gasteiger partial charge >= 0.3 is 0 Å². The van der Waals surface area contributed by atoms with Gasteiger partial charge in [-0.1, -0.05) is 0 Å². The summed E-state index contributed by atoms with van der Waals surface area (Å²) in [6.07, 6.45) is 4.03. The molecule has 1 aliphatic rings. The molecule has 2 rings (SSSR count). The van der Waals surface area contributed by atoms with Crippen LogP contribution in [-0.2, 0) is 11.3 Å². The molecule has 0 aliphatic carbocycles. The van der Waals surface area contributed by atoms with E-state index in [4.69, 9.17) is 9.47 Å². The van der Waals surface area contributed by atoms with E-state index in [2.05, 4.69) is 49.3 Å². The fourth-order valence-corrected chi connectivity index (χ4v) is 3.85. The Morgan fingerprint density at radius 2 is 2.05 bits per heavy atom. The molecule has 1 unspecified atom stereocenters. The molecule has 0 spiro atoms. The molecule has 1 atom stereocenters. The van der Waals surface area contributed by atoms with E-state index in [0.717, 1.165) is 34.4 Å². The van der Waals surface area contributed by atoms with Gasteiger partial charge in [0.15, 0.2) is 0 Å². The Hall–Kier alpha value is -0.100. The zero-order valence-corrected chi connectivity index (χ0v) is 14.9. The Bertz CT molecular complexity index is 411.